The van der Waals surface area contributed by atoms with Gasteiger partial charge in [0, 0.05) is 6.20 Å². The third-order valence-electron chi connectivity index (χ3n) is 3.32. The van der Waals surface area contributed by atoms with Crippen LogP contribution in [0.25, 0.3) is 0 Å². The number of aromatic nitrogens is 1. The Hall–Kier alpha value is -0.890. The van der Waals surface area contributed by atoms with Crippen LogP contribution in [0.4, 0.5) is 0 Å². The Balaban J connectivity index is 1.91. The second-order valence-electron chi connectivity index (χ2n) is 4.02. The van der Waals surface area contributed by atoms with Gasteiger partial charge in [-0.1, -0.05) is 12.5 Å². The lowest BCUT2D eigenvalue weighted by Gasteiger charge is -2.30. The Morgan fingerprint density at radius 1 is 1.38 bits per heavy atom. The summed E-state index contributed by atoms with van der Waals surface area (Å²) in [4.78, 5) is 4.39. The standard InChI is InChI=1S/C11H13NO/c1-2-7-12-10(6-1)11(8-13-11)9-4-3-5-9/h1-2,6-7,9H,3-5,8H2. The first kappa shape index (κ1) is 7.51. The molecule has 0 N–H and O–H groups in total. The molecule has 2 heterocycles. The summed E-state index contributed by atoms with van der Waals surface area (Å²) in [6, 6.07) is 6.09. The minimum atomic E-state index is 0.0273. The quantitative estimate of drug-likeness (QED) is 0.643. The summed E-state index contributed by atoms with van der Waals surface area (Å²) < 4.78 is 5.62. The molecular weight excluding hydrogens is 162 g/mol. The molecule has 1 aromatic heterocycles. The highest BCUT2D eigenvalue weighted by Gasteiger charge is 2.55. The van der Waals surface area contributed by atoms with Crippen molar-refractivity contribution in [3.8, 4) is 0 Å². The molecule has 0 aromatic carbocycles. The Morgan fingerprint density at radius 2 is 2.23 bits per heavy atom. The Bertz CT molecular complexity index is 301. The van der Waals surface area contributed by atoms with Crippen molar-refractivity contribution >= 4 is 0 Å². The molecule has 1 saturated carbocycles. The van der Waals surface area contributed by atoms with Crippen molar-refractivity contribution in [2.45, 2.75) is 24.9 Å². The van der Waals surface area contributed by atoms with E-state index in [0.717, 1.165) is 18.2 Å². The van der Waals surface area contributed by atoms with Crippen LogP contribution in [-0.2, 0) is 10.3 Å². The topological polar surface area (TPSA) is 25.4 Å². The van der Waals surface area contributed by atoms with Crippen molar-refractivity contribution in [1.29, 1.82) is 0 Å². The van der Waals surface area contributed by atoms with Gasteiger partial charge in [0.05, 0.1) is 12.3 Å². The van der Waals surface area contributed by atoms with Crippen molar-refractivity contribution in [2.75, 3.05) is 6.61 Å². The van der Waals surface area contributed by atoms with Crippen molar-refractivity contribution in [2.24, 2.45) is 5.92 Å². The van der Waals surface area contributed by atoms with Gasteiger partial charge in [-0.05, 0) is 30.9 Å². The van der Waals surface area contributed by atoms with Gasteiger partial charge < -0.3 is 4.74 Å². The fraction of sp³-hybridized carbons (Fsp3) is 0.545. The van der Waals surface area contributed by atoms with Gasteiger partial charge in [-0.15, -0.1) is 0 Å². The summed E-state index contributed by atoms with van der Waals surface area (Å²) in [5.41, 5.74) is 1.17. The second kappa shape index (κ2) is 2.55. The molecule has 1 unspecified atom stereocenters. The molecule has 1 aromatic rings. The summed E-state index contributed by atoms with van der Waals surface area (Å²) >= 11 is 0. The summed E-state index contributed by atoms with van der Waals surface area (Å²) in [7, 11) is 0. The van der Waals surface area contributed by atoms with Gasteiger partial charge in [0.2, 0.25) is 0 Å². The lowest BCUT2D eigenvalue weighted by atomic mass is 9.74. The van der Waals surface area contributed by atoms with Gasteiger partial charge in [-0.2, -0.15) is 0 Å². The van der Waals surface area contributed by atoms with Crippen LogP contribution in [0, 0.1) is 5.92 Å². The molecule has 2 heteroatoms. The minimum absolute atomic E-state index is 0.0273. The van der Waals surface area contributed by atoms with Gasteiger partial charge in [0.1, 0.15) is 5.60 Å². The summed E-state index contributed by atoms with van der Waals surface area (Å²) in [6.45, 7) is 0.884. The number of hydrogen-bond acceptors (Lipinski definition) is 2. The molecule has 1 aliphatic heterocycles. The highest BCUT2D eigenvalue weighted by molar-refractivity contribution is 5.21. The van der Waals surface area contributed by atoms with E-state index in [1.54, 1.807) is 0 Å². The van der Waals surface area contributed by atoms with E-state index in [1.165, 1.54) is 19.3 Å². The van der Waals surface area contributed by atoms with E-state index in [2.05, 4.69) is 11.1 Å². The van der Waals surface area contributed by atoms with Crippen molar-refractivity contribution in [1.82, 2.24) is 4.98 Å². The van der Waals surface area contributed by atoms with Crippen molar-refractivity contribution in [3.63, 3.8) is 0 Å². The van der Waals surface area contributed by atoms with E-state index < -0.39 is 0 Å². The molecule has 0 bridgehead atoms. The Morgan fingerprint density at radius 3 is 2.69 bits per heavy atom. The monoisotopic (exact) mass is 175 g/mol. The van der Waals surface area contributed by atoms with E-state index in [0.29, 0.717) is 0 Å². The van der Waals surface area contributed by atoms with E-state index >= 15 is 0 Å². The van der Waals surface area contributed by atoms with Crippen LogP contribution in [0.2, 0.25) is 0 Å². The summed E-state index contributed by atoms with van der Waals surface area (Å²) in [6.07, 6.45) is 5.85. The number of hydrogen-bond donors (Lipinski definition) is 0. The van der Waals surface area contributed by atoms with Crippen molar-refractivity contribution < 1.29 is 4.74 Å². The first-order valence-electron chi connectivity index (χ1n) is 4.97. The molecular formula is C11H13NO. The number of ether oxygens (including phenoxy) is 1. The summed E-state index contributed by atoms with van der Waals surface area (Å²) in [5.74, 6) is 0.738. The number of epoxide rings is 1. The average Bonchev–Trinajstić information content (AvgIpc) is 2.85. The fourth-order valence-electron chi connectivity index (χ4n) is 2.16. The maximum Gasteiger partial charge on any atom is 0.136 e. The summed E-state index contributed by atoms with van der Waals surface area (Å²) in [5, 5.41) is 0. The number of pyridine rings is 1. The van der Waals surface area contributed by atoms with Gasteiger partial charge in [-0.3, -0.25) is 4.98 Å². The van der Waals surface area contributed by atoms with E-state index in [9.17, 15) is 0 Å². The van der Waals surface area contributed by atoms with Crippen LogP contribution in [0.5, 0.6) is 0 Å². The second-order valence-corrected chi connectivity index (χ2v) is 4.02. The number of nitrogens with zero attached hydrogens (tertiary/aromatic N) is 1. The molecule has 3 rings (SSSR count). The van der Waals surface area contributed by atoms with Crippen LogP contribution in [-0.4, -0.2) is 11.6 Å². The molecule has 1 saturated heterocycles. The molecule has 1 atom stereocenters. The smallest absolute Gasteiger partial charge is 0.136 e. The number of rotatable bonds is 2. The molecule has 0 spiro atoms. The predicted molar refractivity (Wildman–Crippen MR) is 49.2 cm³/mol. The van der Waals surface area contributed by atoms with Crippen LogP contribution < -0.4 is 0 Å². The zero-order valence-corrected chi connectivity index (χ0v) is 7.57. The van der Waals surface area contributed by atoms with E-state index in [-0.39, 0.29) is 5.60 Å². The first-order chi connectivity index (χ1) is 6.42. The van der Waals surface area contributed by atoms with Gasteiger partial charge in [0.15, 0.2) is 0 Å². The SMILES string of the molecule is c1ccc(C2(C3CCC3)CO2)nc1. The molecule has 2 nitrogen and oxygen atoms in total. The zero-order chi connectivity index (χ0) is 8.73. The fourth-order valence-corrected chi connectivity index (χ4v) is 2.16. The van der Waals surface area contributed by atoms with Gasteiger partial charge in [-0.25, -0.2) is 0 Å². The highest BCUT2D eigenvalue weighted by atomic mass is 16.6. The highest BCUT2D eigenvalue weighted by Crippen LogP contribution is 2.52. The third kappa shape index (κ3) is 1.02. The van der Waals surface area contributed by atoms with E-state index in [1.807, 2.05) is 18.3 Å². The van der Waals surface area contributed by atoms with Crippen molar-refractivity contribution in [3.05, 3.63) is 30.1 Å². The van der Waals surface area contributed by atoms with Crippen LogP contribution in [0.1, 0.15) is 25.0 Å². The average molecular weight is 175 g/mol. The minimum Gasteiger partial charge on any atom is -0.363 e. The van der Waals surface area contributed by atoms with Crippen LogP contribution in [0.3, 0.4) is 0 Å². The lowest BCUT2D eigenvalue weighted by Crippen LogP contribution is -2.28. The Labute approximate surface area is 77.9 Å². The van der Waals surface area contributed by atoms with Gasteiger partial charge >= 0.3 is 0 Å². The molecule has 0 amide bonds. The maximum absolute atomic E-state index is 5.62. The molecule has 1 aliphatic carbocycles. The third-order valence-corrected chi connectivity index (χ3v) is 3.32. The molecule has 0 radical (unpaired) electrons. The first-order valence-corrected chi connectivity index (χ1v) is 4.97. The normalized spacial score (nSPS) is 32.6. The van der Waals surface area contributed by atoms with Gasteiger partial charge in [0.25, 0.3) is 0 Å². The lowest BCUT2D eigenvalue weighted by molar-refractivity contribution is 0.139. The molecule has 13 heavy (non-hydrogen) atoms. The maximum atomic E-state index is 5.62. The molecule has 2 fully saturated rings. The van der Waals surface area contributed by atoms with E-state index in [4.69, 9.17) is 4.74 Å². The van der Waals surface area contributed by atoms with Crippen LogP contribution in [0.15, 0.2) is 24.4 Å². The zero-order valence-electron chi connectivity index (χ0n) is 7.57. The predicted octanol–water partition coefficient (Wildman–Crippen LogP) is 2.11. The molecule has 68 valence electrons. The van der Waals surface area contributed by atoms with Crippen LogP contribution >= 0.6 is 0 Å². The Kier molecular flexibility index (Phi) is 1.47. The molecule has 2 aliphatic rings. The largest absolute Gasteiger partial charge is 0.363 e.